The van der Waals surface area contributed by atoms with Crippen LogP contribution in [0.1, 0.15) is 24.7 Å². The smallest absolute Gasteiger partial charge is 0.143 e. The van der Waals surface area contributed by atoms with E-state index in [1.54, 1.807) is 0 Å². The second-order valence-electron chi connectivity index (χ2n) is 11.5. The molecule has 1 heteroatoms. The normalized spacial score (nSPS) is 16.8. The Kier molecular flexibility index (Phi) is 3.43. The lowest BCUT2D eigenvalue weighted by Crippen LogP contribution is -1.92. The minimum absolute atomic E-state index is 0.0595. The quantitative estimate of drug-likeness (QED) is 0.138. The summed E-state index contributed by atoms with van der Waals surface area (Å²) in [5, 5.41) is 1.90. The minimum atomic E-state index is -0.788. The zero-order chi connectivity index (χ0) is 48.0. The first-order valence-electron chi connectivity index (χ1n) is 24.4. The van der Waals surface area contributed by atoms with Crippen molar-refractivity contribution in [1.29, 1.82) is 0 Å². The van der Waals surface area contributed by atoms with E-state index in [1.807, 2.05) is 54.6 Å². The van der Waals surface area contributed by atoms with Crippen LogP contribution in [0.5, 0.6) is 0 Å². The van der Waals surface area contributed by atoms with Crippen LogP contribution >= 0.6 is 0 Å². The van der Waals surface area contributed by atoms with E-state index in [0.29, 0.717) is 10.9 Å². The lowest BCUT2D eigenvalue weighted by Gasteiger charge is -2.18. The Morgan fingerprint density at radius 3 is 1.59 bits per heavy atom. The van der Waals surface area contributed by atoms with Crippen molar-refractivity contribution in [1.82, 2.24) is 0 Å². The number of benzene rings is 9. The Hall–Kier alpha value is -6.44. The van der Waals surface area contributed by atoms with E-state index in [1.165, 1.54) is 18.2 Å². The molecule has 0 saturated heterocycles. The van der Waals surface area contributed by atoms with E-state index in [4.69, 9.17) is 23.6 Å². The van der Waals surface area contributed by atoms with E-state index in [-0.39, 0.29) is 49.8 Å². The molecule has 0 spiro atoms. The lowest BCUT2D eigenvalue weighted by atomic mass is 9.84. The highest BCUT2D eigenvalue weighted by atomic mass is 16.3. The molecule has 0 aliphatic heterocycles. The van der Waals surface area contributed by atoms with Gasteiger partial charge in [-0.1, -0.05) is 163 Å². The number of hydrogen-bond donors (Lipinski definition) is 0. The molecule has 1 nitrogen and oxygen atoms in total. The maximum atomic E-state index is 9.62. The molecule has 0 fully saturated rings. The van der Waals surface area contributed by atoms with Crippen molar-refractivity contribution in [2.45, 2.75) is 0 Å². The average molecular weight is 641 g/mol. The average Bonchev–Trinajstić information content (AvgIpc) is 3.71. The molecule has 0 unspecified atom stereocenters. The minimum Gasteiger partial charge on any atom is -0.455 e. The molecule has 0 amide bonds. The van der Waals surface area contributed by atoms with Gasteiger partial charge in [0, 0.05) is 22.1 Å². The third-order valence-electron chi connectivity index (χ3n) is 8.87. The fraction of sp³-hybridized carbons (Fsp3) is 0. The Balaban J connectivity index is 1.51. The molecule has 0 atom stereocenters. The van der Waals surface area contributed by atoms with Crippen molar-refractivity contribution in [2.24, 2.45) is 0 Å². The Morgan fingerprint density at radius 2 is 0.918 bits per heavy atom. The third-order valence-corrected chi connectivity index (χ3v) is 8.87. The van der Waals surface area contributed by atoms with Gasteiger partial charge in [0.25, 0.3) is 0 Å². The molecule has 1 aromatic heterocycles. The molecule has 0 aliphatic rings. The van der Waals surface area contributed by atoms with E-state index >= 15 is 0 Å². The lowest BCUT2D eigenvalue weighted by molar-refractivity contribution is 0.633. The van der Waals surface area contributed by atoms with E-state index in [9.17, 15) is 5.48 Å². The number of rotatable bonds is 4. The summed E-state index contributed by atoms with van der Waals surface area (Å²) in [4.78, 5) is 0. The van der Waals surface area contributed by atoms with Crippen LogP contribution < -0.4 is 0 Å². The van der Waals surface area contributed by atoms with E-state index in [0.717, 1.165) is 16.2 Å². The highest BCUT2D eigenvalue weighted by Crippen LogP contribution is 2.51. The first-order chi connectivity index (χ1) is 31.8. The maximum Gasteiger partial charge on any atom is 0.143 e. The van der Waals surface area contributed by atoms with Crippen LogP contribution in [0, 0.1) is 0 Å². The van der Waals surface area contributed by atoms with Gasteiger partial charge >= 0.3 is 0 Å². The van der Waals surface area contributed by atoms with Gasteiger partial charge in [-0.2, -0.15) is 0 Å². The summed E-state index contributed by atoms with van der Waals surface area (Å²) in [7, 11) is 0. The molecule has 0 radical (unpaired) electrons. The van der Waals surface area contributed by atoms with Crippen molar-refractivity contribution in [2.75, 3.05) is 0 Å². The largest absolute Gasteiger partial charge is 0.455 e. The predicted molar refractivity (Wildman–Crippen MR) is 208 cm³/mol. The summed E-state index contributed by atoms with van der Waals surface area (Å²) < 4.78 is 167. The molecular formula is C48H30O. The van der Waals surface area contributed by atoms with Crippen molar-refractivity contribution >= 4 is 54.1 Å². The van der Waals surface area contributed by atoms with Crippen LogP contribution in [-0.2, 0) is 0 Å². The molecule has 1 heterocycles. The van der Waals surface area contributed by atoms with Gasteiger partial charge in [0.05, 0.1) is 24.7 Å². The zero-order valence-electron chi connectivity index (χ0n) is 43.3. The standard InChI is InChI=1S/C48H30O/c1-3-15-31(16-4-1)33-27-28-42-44(30-33)49-48(43-29-34-19-7-8-20-35(34)36-21-9-10-22-37(36)43)47(42)46-40-25-13-11-23-38(40)45(32-17-5-2-6-18-32)39-24-12-14-26-41(39)46/h1-30H/i1D,2D,3D,4D,5D,6D,11D,12D,13D,14D,15D,16D,17D,18D,23D,24D,25D,26D. The predicted octanol–water partition coefficient (Wildman–Crippen LogP) is 13.7. The van der Waals surface area contributed by atoms with Crippen LogP contribution in [0.25, 0.3) is 98.8 Å². The van der Waals surface area contributed by atoms with Gasteiger partial charge < -0.3 is 4.42 Å². The molecule has 0 N–H and O–H groups in total. The monoisotopic (exact) mass is 640 g/mol. The third kappa shape index (κ3) is 4.33. The van der Waals surface area contributed by atoms with Crippen molar-refractivity contribution in [3.05, 3.63) is 182 Å². The topological polar surface area (TPSA) is 13.1 Å². The van der Waals surface area contributed by atoms with Gasteiger partial charge in [0.15, 0.2) is 0 Å². The summed E-state index contributed by atoms with van der Waals surface area (Å²) in [5.41, 5.74) is -0.517. The Morgan fingerprint density at radius 1 is 0.367 bits per heavy atom. The molecule has 10 aromatic rings. The molecular weight excluding hydrogens is 593 g/mol. The number of furan rings is 1. The Bertz CT molecular complexity index is 3770. The second-order valence-corrected chi connectivity index (χ2v) is 11.5. The molecule has 9 aromatic carbocycles. The van der Waals surface area contributed by atoms with Gasteiger partial charge in [-0.05, 0) is 83.5 Å². The van der Waals surface area contributed by atoms with Crippen molar-refractivity contribution in [3.8, 4) is 44.7 Å². The number of hydrogen-bond acceptors (Lipinski definition) is 1. The van der Waals surface area contributed by atoms with Gasteiger partial charge in [-0.25, -0.2) is 0 Å². The van der Waals surface area contributed by atoms with Crippen molar-refractivity contribution in [3.63, 3.8) is 0 Å². The highest BCUT2D eigenvalue weighted by Gasteiger charge is 2.25. The molecule has 49 heavy (non-hydrogen) atoms. The first kappa shape index (κ1) is 15.2. The van der Waals surface area contributed by atoms with Gasteiger partial charge in [0.2, 0.25) is 0 Å². The van der Waals surface area contributed by atoms with E-state index in [2.05, 4.69) is 0 Å². The van der Waals surface area contributed by atoms with Gasteiger partial charge in [0.1, 0.15) is 11.3 Å². The molecule has 228 valence electrons. The summed E-state index contributed by atoms with van der Waals surface area (Å²) in [6.45, 7) is 0. The fourth-order valence-electron chi connectivity index (χ4n) is 6.83. The van der Waals surface area contributed by atoms with Gasteiger partial charge in [-0.15, -0.1) is 0 Å². The highest BCUT2D eigenvalue weighted by molar-refractivity contribution is 6.26. The maximum absolute atomic E-state index is 9.62. The molecule has 0 saturated carbocycles. The van der Waals surface area contributed by atoms with Gasteiger partial charge in [-0.3, -0.25) is 0 Å². The van der Waals surface area contributed by atoms with Crippen LogP contribution in [0.15, 0.2) is 186 Å². The van der Waals surface area contributed by atoms with Crippen LogP contribution in [-0.4, -0.2) is 0 Å². The summed E-state index contributed by atoms with van der Waals surface area (Å²) in [6, 6.07) is 8.97. The van der Waals surface area contributed by atoms with Crippen LogP contribution in [0.4, 0.5) is 0 Å². The Labute approximate surface area is 309 Å². The fourth-order valence-corrected chi connectivity index (χ4v) is 6.83. The SMILES string of the molecule is [2H]c1c([2H])c([2H])c(-c2ccc3c(-c4c5c([2H])c([2H])c([2H])c([2H])c5c(-c5c([2H])c([2H])c([2H])c([2H])c5[2H])c5c([2H])c([2H])c([2H])c([2H])c45)c(-c4cc5ccccc5c5ccccc45)oc3c2)c([2H])c1[2H]. The summed E-state index contributed by atoms with van der Waals surface area (Å²) >= 11 is 0. The zero-order valence-corrected chi connectivity index (χ0v) is 25.3. The summed E-state index contributed by atoms with van der Waals surface area (Å²) in [5.74, 6) is 0.0631. The first-order valence-corrected chi connectivity index (χ1v) is 15.4. The van der Waals surface area contributed by atoms with Crippen LogP contribution in [0.2, 0.25) is 0 Å². The van der Waals surface area contributed by atoms with Crippen molar-refractivity contribution < 1.29 is 29.1 Å². The number of fused-ring (bicyclic) bond motifs is 6. The molecule has 0 bridgehead atoms. The van der Waals surface area contributed by atoms with E-state index < -0.39 is 131 Å². The molecule has 10 rings (SSSR count). The molecule has 0 aliphatic carbocycles. The van der Waals surface area contributed by atoms with Crippen LogP contribution in [0.3, 0.4) is 0 Å². The summed E-state index contributed by atoms with van der Waals surface area (Å²) in [6.07, 6.45) is 0. The second kappa shape index (κ2) is 11.1.